The summed E-state index contributed by atoms with van der Waals surface area (Å²) in [5.74, 6) is -2.25. The summed E-state index contributed by atoms with van der Waals surface area (Å²) in [6, 6.07) is 3.71. The van der Waals surface area contributed by atoms with Gasteiger partial charge in [-0.15, -0.1) is 0 Å². The molecular formula is C27H26F2N6O4. The van der Waals surface area contributed by atoms with E-state index in [-0.39, 0.29) is 34.9 Å². The number of rotatable bonds is 5. The molecule has 1 atom stereocenters. The molecule has 12 heteroatoms. The van der Waals surface area contributed by atoms with E-state index in [2.05, 4.69) is 20.3 Å². The number of nitrogens with one attached hydrogen (secondary N) is 1. The van der Waals surface area contributed by atoms with Crippen molar-refractivity contribution < 1.29 is 28.2 Å². The smallest absolute Gasteiger partial charge is 0.268 e. The van der Waals surface area contributed by atoms with Crippen LogP contribution in [-0.2, 0) is 16.9 Å². The van der Waals surface area contributed by atoms with Crippen LogP contribution >= 0.6 is 0 Å². The number of hydrogen-bond donors (Lipinski definition) is 2. The average molecular weight is 537 g/mol. The molecule has 2 amide bonds. The van der Waals surface area contributed by atoms with E-state index in [1.165, 1.54) is 49.6 Å². The van der Waals surface area contributed by atoms with Crippen molar-refractivity contribution in [2.75, 3.05) is 11.9 Å². The highest BCUT2D eigenvalue weighted by Crippen LogP contribution is 2.39. The van der Waals surface area contributed by atoms with E-state index in [0.29, 0.717) is 22.6 Å². The van der Waals surface area contributed by atoms with Gasteiger partial charge < -0.3 is 19.6 Å². The average Bonchev–Trinajstić information content (AvgIpc) is 3.19. The Morgan fingerprint density at radius 3 is 2.51 bits per heavy atom. The standard InChI is InChI=1S/C27H26F2N6O4/c1-13-21(12-35-20-7-15(24(36)30-5)6-19(29)23(20)39-14(2)25(35)37)34-11-17(18(28)8-22(34)33-13)16-9-31-26(32-10-16)27(3,4)38/h6-11,14,38H,12H2,1-5H3,(H,30,36)/t14-/m1/s1. The monoisotopic (exact) mass is 536 g/mol. The van der Waals surface area contributed by atoms with Crippen molar-refractivity contribution >= 4 is 23.1 Å². The third-order valence-electron chi connectivity index (χ3n) is 6.54. The van der Waals surface area contributed by atoms with Crippen LogP contribution in [-0.4, -0.2) is 49.4 Å². The number of aryl methyl sites for hydroxylation is 1. The van der Waals surface area contributed by atoms with Crippen molar-refractivity contribution in [1.29, 1.82) is 0 Å². The fraction of sp³-hybridized carbons (Fsp3) is 0.296. The van der Waals surface area contributed by atoms with E-state index in [9.17, 15) is 19.1 Å². The van der Waals surface area contributed by atoms with Gasteiger partial charge in [0.25, 0.3) is 11.8 Å². The number of anilines is 1. The molecule has 2 N–H and O–H groups in total. The topological polar surface area (TPSA) is 122 Å². The third kappa shape index (κ3) is 4.56. The number of benzene rings is 1. The van der Waals surface area contributed by atoms with Gasteiger partial charge in [-0.3, -0.25) is 14.5 Å². The number of amides is 2. The van der Waals surface area contributed by atoms with Gasteiger partial charge in [0, 0.05) is 48.4 Å². The molecule has 1 aliphatic heterocycles. The van der Waals surface area contributed by atoms with E-state index in [1.54, 1.807) is 25.2 Å². The number of fused-ring (bicyclic) bond motifs is 2. The first-order valence-electron chi connectivity index (χ1n) is 12.1. The number of pyridine rings is 1. The molecule has 202 valence electrons. The van der Waals surface area contributed by atoms with Gasteiger partial charge in [-0.1, -0.05) is 0 Å². The molecule has 0 spiro atoms. The molecule has 5 rings (SSSR count). The molecule has 39 heavy (non-hydrogen) atoms. The molecule has 1 aromatic carbocycles. The molecule has 0 fully saturated rings. The molecule has 4 aromatic rings. The number of nitrogens with zero attached hydrogens (tertiary/aromatic N) is 5. The predicted molar refractivity (Wildman–Crippen MR) is 137 cm³/mol. The van der Waals surface area contributed by atoms with Gasteiger partial charge in [0.2, 0.25) is 0 Å². The van der Waals surface area contributed by atoms with E-state index in [0.717, 1.165) is 6.07 Å². The minimum Gasteiger partial charge on any atom is -0.476 e. The highest BCUT2D eigenvalue weighted by Gasteiger charge is 2.35. The Bertz CT molecular complexity index is 1630. The Morgan fingerprint density at radius 1 is 1.18 bits per heavy atom. The maximum Gasteiger partial charge on any atom is 0.268 e. The second-order valence-corrected chi connectivity index (χ2v) is 9.83. The number of aromatic nitrogens is 4. The summed E-state index contributed by atoms with van der Waals surface area (Å²) >= 11 is 0. The van der Waals surface area contributed by atoms with Crippen molar-refractivity contribution in [3.8, 4) is 16.9 Å². The maximum atomic E-state index is 15.1. The van der Waals surface area contributed by atoms with Crippen LogP contribution in [0, 0.1) is 18.6 Å². The molecule has 0 aliphatic carbocycles. The number of carbonyl (C=O) groups excluding carboxylic acids is 2. The van der Waals surface area contributed by atoms with Crippen LogP contribution in [0.3, 0.4) is 0 Å². The first-order chi connectivity index (χ1) is 18.4. The van der Waals surface area contributed by atoms with Gasteiger partial charge in [-0.2, -0.15) is 0 Å². The summed E-state index contributed by atoms with van der Waals surface area (Å²) < 4.78 is 37.3. The summed E-state index contributed by atoms with van der Waals surface area (Å²) in [6.45, 7) is 6.27. The third-order valence-corrected chi connectivity index (χ3v) is 6.54. The lowest BCUT2D eigenvalue weighted by Gasteiger charge is -2.33. The molecule has 3 aromatic heterocycles. The Balaban J connectivity index is 1.61. The minimum atomic E-state index is -1.26. The highest BCUT2D eigenvalue weighted by molar-refractivity contribution is 6.02. The summed E-state index contributed by atoms with van der Waals surface area (Å²) in [4.78, 5) is 39.6. The molecule has 0 saturated carbocycles. The van der Waals surface area contributed by atoms with Gasteiger partial charge in [0.1, 0.15) is 17.1 Å². The Hall–Kier alpha value is -4.45. The van der Waals surface area contributed by atoms with E-state index >= 15 is 4.39 Å². The quantitative estimate of drug-likeness (QED) is 0.402. The van der Waals surface area contributed by atoms with Crippen LogP contribution < -0.4 is 15.0 Å². The van der Waals surface area contributed by atoms with E-state index in [1.807, 2.05) is 0 Å². The Kier molecular flexibility index (Phi) is 6.30. The van der Waals surface area contributed by atoms with Gasteiger partial charge in [0.05, 0.1) is 23.6 Å². The molecule has 1 aliphatic rings. The molecule has 0 bridgehead atoms. The first kappa shape index (κ1) is 26.2. The second kappa shape index (κ2) is 9.38. The summed E-state index contributed by atoms with van der Waals surface area (Å²) in [5.41, 5.74) is 0.790. The van der Waals surface area contributed by atoms with E-state index < -0.39 is 35.2 Å². The Morgan fingerprint density at radius 2 is 1.87 bits per heavy atom. The number of carbonyl (C=O) groups is 2. The molecule has 0 unspecified atom stereocenters. The number of halogens is 2. The fourth-order valence-corrected chi connectivity index (χ4v) is 4.47. The fourth-order valence-electron chi connectivity index (χ4n) is 4.47. The van der Waals surface area contributed by atoms with Crippen molar-refractivity contribution in [1.82, 2.24) is 24.7 Å². The molecule has 0 saturated heterocycles. The number of ether oxygens (including phenoxy) is 1. The zero-order valence-corrected chi connectivity index (χ0v) is 21.9. The number of hydrogen-bond acceptors (Lipinski definition) is 7. The van der Waals surface area contributed by atoms with Crippen molar-refractivity contribution in [2.24, 2.45) is 0 Å². The van der Waals surface area contributed by atoms with Crippen LogP contribution in [0.25, 0.3) is 16.8 Å². The van der Waals surface area contributed by atoms with Crippen LogP contribution in [0.4, 0.5) is 14.5 Å². The zero-order valence-electron chi connectivity index (χ0n) is 21.9. The molecular weight excluding hydrogens is 510 g/mol. The minimum absolute atomic E-state index is 0.0263. The zero-order chi connectivity index (χ0) is 28.2. The number of aliphatic hydroxyl groups is 1. The first-order valence-corrected chi connectivity index (χ1v) is 12.1. The summed E-state index contributed by atoms with van der Waals surface area (Å²) in [6.07, 6.45) is 3.39. The van der Waals surface area contributed by atoms with Crippen LogP contribution in [0.15, 0.2) is 36.8 Å². The highest BCUT2D eigenvalue weighted by atomic mass is 19.1. The predicted octanol–water partition coefficient (Wildman–Crippen LogP) is 3.28. The van der Waals surface area contributed by atoms with Gasteiger partial charge >= 0.3 is 0 Å². The van der Waals surface area contributed by atoms with Gasteiger partial charge in [-0.05, 0) is 39.8 Å². The lowest BCUT2D eigenvalue weighted by molar-refractivity contribution is -0.125. The largest absolute Gasteiger partial charge is 0.476 e. The maximum absolute atomic E-state index is 15.1. The second-order valence-electron chi connectivity index (χ2n) is 9.83. The molecule has 4 heterocycles. The normalized spacial score (nSPS) is 15.3. The molecule has 10 nitrogen and oxygen atoms in total. The number of imidazole rings is 1. The lowest BCUT2D eigenvalue weighted by atomic mass is 10.1. The van der Waals surface area contributed by atoms with Crippen molar-refractivity contribution in [3.63, 3.8) is 0 Å². The van der Waals surface area contributed by atoms with Crippen LogP contribution in [0.5, 0.6) is 5.75 Å². The lowest BCUT2D eigenvalue weighted by Crippen LogP contribution is -2.44. The van der Waals surface area contributed by atoms with E-state index in [4.69, 9.17) is 4.74 Å². The molecule has 0 radical (unpaired) electrons. The Labute approximate surface area is 222 Å². The van der Waals surface area contributed by atoms with Gasteiger partial charge in [0.15, 0.2) is 23.5 Å². The van der Waals surface area contributed by atoms with Crippen molar-refractivity contribution in [3.05, 3.63) is 71.2 Å². The van der Waals surface area contributed by atoms with Gasteiger partial charge in [-0.25, -0.2) is 23.7 Å². The summed E-state index contributed by atoms with van der Waals surface area (Å²) in [7, 11) is 1.42. The van der Waals surface area contributed by atoms with Crippen LogP contribution in [0.1, 0.15) is 48.3 Å². The van der Waals surface area contributed by atoms with Crippen molar-refractivity contribution in [2.45, 2.75) is 45.9 Å². The van der Waals surface area contributed by atoms with Crippen LogP contribution in [0.2, 0.25) is 0 Å². The summed E-state index contributed by atoms with van der Waals surface area (Å²) in [5, 5.41) is 12.6. The SMILES string of the molecule is CNC(=O)c1cc(F)c2c(c1)N(Cc1c(C)nc3cc(F)c(-c4cnc(C(C)(C)O)nc4)cn13)C(=O)[C@@H](C)O2.